The topological polar surface area (TPSA) is 118 Å². The molecule has 0 spiro atoms. The molecule has 9 heteroatoms. The second-order valence-corrected chi connectivity index (χ2v) is 6.79. The Labute approximate surface area is 154 Å². The molecule has 9 nitrogen and oxygen atoms in total. The monoisotopic (exact) mass is 372 g/mol. The molecule has 142 valence electrons. The first-order valence-corrected chi connectivity index (χ1v) is 8.18. The van der Waals surface area contributed by atoms with Crippen molar-refractivity contribution in [2.45, 2.75) is 26.3 Å². The highest BCUT2D eigenvalue weighted by molar-refractivity contribution is 5.77. The number of rotatable bonds is 4. The molecular weight excluding hydrogens is 352 g/mol. The number of pyridine rings is 1. The van der Waals surface area contributed by atoms with E-state index in [4.69, 9.17) is 14.2 Å². The van der Waals surface area contributed by atoms with E-state index in [1.807, 2.05) is 20.8 Å². The number of fused-ring (bicyclic) bond motifs is 1. The SMILES string of the molecule is COc1ccc(OC(=O)NC(C)(C)C)cc1Oc1ccnc2[nH]c(=O)[nH]c12. The van der Waals surface area contributed by atoms with Gasteiger partial charge in [0.05, 0.1) is 7.11 Å². The molecule has 27 heavy (non-hydrogen) atoms. The van der Waals surface area contributed by atoms with Gasteiger partial charge in [-0.1, -0.05) is 0 Å². The Kier molecular flexibility index (Phi) is 4.76. The summed E-state index contributed by atoms with van der Waals surface area (Å²) in [6.07, 6.45) is 0.922. The van der Waals surface area contributed by atoms with E-state index < -0.39 is 17.3 Å². The molecule has 2 aromatic heterocycles. The number of methoxy groups -OCH3 is 1. The zero-order valence-electron chi connectivity index (χ0n) is 15.4. The van der Waals surface area contributed by atoms with Crippen molar-refractivity contribution in [3.63, 3.8) is 0 Å². The average Bonchev–Trinajstić information content (AvgIpc) is 2.94. The number of aromatic amines is 2. The fraction of sp³-hybridized carbons (Fsp3) is 0.278. The van der Waals surface area contributed by atoms with Gasteiger partial charge in [0.1, 0.15) is 11.3 Å². The Morgan fingerprint density at radius 1 is 1.11 bits per heavy atom. The number of imidazole rings is 1. The summed E-state index contributed by atoms with van der Waals surface area (Å²) in [6.45, 7) is 5.55. The Morgan fingerprint density at radius 3 is 2.59 bits per heavy atom. The van der Waals surface area contributed by atoms with Crippen LogP contribution in [0, 0.1) is 0 Å². The van der Waals surface area contributed by atoms with Gasteiger partial charge < -0.3 is 24.5 Å². The van der Waals surface area contributed by atoms with E-state index in [9.17, 15) is 9.59 Å². The third-order valence-corrected chi connectivity index (χ3v) is 3.43. The van der Waals surface area contributed by atoms with E-state index in [-0.39, 0.29) is 5.75 Å². The quantitative estimate of drug-likeness (QED) is 0.648. The van der Waals surface area contributed by atoms with Gasteiger partial charge in [-0.05, 0) is 32.9 Å². The molecule has 0 atom stereocenters. The number of carbonyl (C=O) groups is 1. The van der Waals surface area contributed by atoms with Gasteiger partial charge in [-0.3, -0.25) is 4.98 Å². The minimum absolute atomic E-state index is 0.278. The van der Waals surface area contributed by atoms with Crippen LogP contribution in [0.2, 0.25) is 0 Å². The summed E-state index contributed by atoms with van der Waals surface area (Å²) < 4.78 is 16.5. The van der Waals surface area contributed by atoms with E-state index in [1.54, 1.807) is 18.2 Å². The highest BCUT2D eigenvalue weighted by Gasteiger charge is 2.17. The summed E-state index contributed by atoms with van der Waals surface area (Å²) in [5.74, 6) is 1.39. The van der Waals surface area contributed by atoms with Gasteiger partial charge in [0.2, 0.25) is 0 Å². The molecule has 0 saturated carbocycles. The zero-order chi connectivity index (χ0) is 19.6. The number of nitrogens with one attached hydrogen (secondary N) is 3. The van der Waals surface area contributed by atoms with Crippen LogP contribution < -0.4 is 25.2 Å². The van der Waals surface area contributed by atoms with Crippen molar-refractivity contribution in [3.8, 4) is 23.0 Å². The molecule has 0 radical (unpaired) electrons. The number of H-pyrrole nitrogens is 2. The number of benzene rings is 1. The van der Waals surface area contributed by atoms with Crippen molar-refractivity contribution in [1.82, 2.24) is 20.3 Å². The lowest BCUT2D eigenvalue weighted by Gasteiger charge is -2.20. The molecule has 2 heterocycles. The van der Waals surface area contributed by atoms with Crippen LogP contribution in [-0.4, -0.2) is 33.7 Å². The molecule has 0 aliphatic rings. The molecule has 0 fully saturated rings. The number of hydrogen-bond donors (Lipinski definition) is 3. The van der Waals surface area contributed by atoms with Crippen LogP contribution in [0.3, 0.4) is 0 Å². The minimum atomic E-state index is -0.583. The summed E-state index contributed by atoms with van der Waals surface area (Å²) in [4.78, 5) is 32.7. The maximum atomic E-state index is 12.0. The molecule has 3 aromatic rings. The van der Waals surface area contributed by atoms with Crippen LogP contribution in [0.4, 0.5) is 4.79 Å². The summed E-state index contributed by atoms with van der Waals surface area (Å²) in [5, 5.41) is 2.71. The highest BCUT2D eigenvalue weighted by atomic mass is 16.6. The van der Waals surface area contributed by atoms with Crippen molar-refractivity contribution in [2.24, 2.45) is 0 Å². The van der Waals surface area contributed by atoms with Crippen molar-refractivity contribution >= 4 is 17.3 Å². The number of carbonyl (C=O) groups excluding carboxylic acids is 1. The Bertz CT molecular complexity index is 1030. The van der Waals surface area contributed by atoms with Gasteiger partial charge in [0.25, 0.3) is 0 Å². The molecule has 0 aliphatic heterocycles. The van der Waals surface area contributed by atoms with E-state index in [1.165, 1.54) is 19.4 Å². The Hall–Kier alpha value is -3.49. The number of nitrogens with zero attached hydrogens (tertiary/aromatic N) is 1. The lowest BCUT2D eigenvalue weighted by molar-refractivity contribution is 0.190. The van der Waals surface area contributed by atoms with Crippen molar-refractivity contribution in [1.29, 1.82) is 0 Å². The molecule has 0 saturated heterocycles. The zero-order valence-corrected chi connectivity index (χ0v) is 15.4. The van der Waals surface area contributed by atoms with E-state index in [2.05, 4.69) is 20.3 Å². The number of aromatic nitrogens is 3. The van der Waals surface area contributed by atoms with Crippen LogP contribution >= 0.6 is 0 Å². The highest BCUT2D eigenvalue weighted by Crippen LogP contribution is 2.36. The van der Waals surface area contributed by atoms with Crippen molar-refractivity contribution in [2.75, 3.05) is 7.11 Å². The number of hydrogen-bond acceptors (Lipinski definition) is 6. The molecule has 3 rings (SSSR count). The van der Waals surface area contributed by atoms with Gasteiger partial charge in [-0.25, -0.2) is 14.6 Å². The van der Waals surface area contributed by atoms with Gasteiger partial charge in [0.15, 0.2) is 22.9 Å². The van der Waals surface area contributed by atoms with E-state index in [0.29, 0.717) is 28.4 Å². The lowest BCUT2D eigenvalue weighted by Crippen LogP contribution is -2.42. The number of amides is 1. The van der Waals surface area contributed by atoms with Gasteiger partial charge in [0, 0.05) is 23.9 Å². The van der Waals surface area contributed by atoms with Gasteiger partial charge >= 0.3 is 11.8 Å². The first-order chi connectivity index (χ1) is 12.7. The first kappa shape index (κ1) is 18.3. The molecule has 0 unspecified atom stereocenters. The summed E-state index contributed by atoms with van der Waals surface area (Å²) in [7, 11) is 1.50. The molecule has 0 bridgehead atoms. The largest absolute Gasteiger partial charge is 0.493 e. The van der Waals surface area contributed by atoms with Crippen LogP contribution in [0.1, 0.15) is 20.8 Å². The summed E-state index contributed by atoms with van der Waals surface area (Å²) in [6, 6.07) is 6.34. The molecule has 3 N–H and O–H groups in total. The third kappa shape index (κ3) is 4.38. The maximum Gasteiger partial charge on any atom is 0.413 e. The maximum absolute atomic E-state index is 12.0. The van der Waals surface area contributed by atoms with Gasteiger partial charge in [-0.2, -0.15) is 0 Å². The van der Waals surface area contributed by atoms with E-state index >= 15 is 0 Å². The molecule has 0 aliphatic carbocycles. The predicted octanol–water partition coefficient (Wildman–Crippen LogP) is 2.94. The Morgan fingerprint density at radius 2 is 1.89 bits per heavy atom. The minimum Gasteiger partial charge on any atom is -0.493 e. The molecule has 1 aromatic carbocycles. The van der Waals surface area contributed by atoms with Gasteiger partial charge in [-0.15, -0.1) is 0 Å². The normalized spacial score (nSPS) is 11.3. The standard InChI is InChI=1S/C18H20N4O5/c1-18(2,3)22-17(24)26-10-5-6-11(25-4)13(9-10)27-12-7-8-19-15-14(12)20-16(23)21-15/h5-9H,1-4H3,(H,22,24)(H2,19,20,21,23). The average molecular weight is 372 g/mol. The molecular formula is C18H20N4O5. The fourth-order valence-corrected chi connectivity index (χ4v) is 2.35. The fourth-order valence-electron chi connectivity index (χ4n) is 2.35. The van der Waals surface area contributed by atoms with Crippen molar-refractivity contribution in [3.05, 3.63) is 40.9 Å². The molecule has 1 amide bonds. The second kappa shape index (κ2) is 7.02. The summed E-state index contributed by atoms with van der Waals surface area (Å²) in [5.41, 5.74) is -0.0303. The van der Waals surface area contributed by atoms with Crippen molar-refractivity contribution < 1.29 is 19.0 Å². The van der Waals surface area contributed by atoms with Crippen LogP contribution in [-0.2, 0) is 0 Å². The van der Waals surface area contributed by atoms with E-state index in [0.717, 1.165) is 0 Å². The second-order valence-electron chi connectivity index (χ2n) is 6.79. The third-order valence-electron chi connectivity index (χ3n) is 3.43. The lowest BCUT2D eigenvalue weighted by atomic mass is 10.1. The van der Waals surface area contributed by atoms with Crippen LogP contribution in [0.25, 0.3) is 11.2 Å². The first-order valence-electron chi connectivity index (χ1n) is 8.18. The number of ether oxygens (including phenoxy) is 3. The van der Waals surface area contributed by atoms with Crippen LogP contribution in [0.5, 0.6) is 23.0 Å². The summed E-state index contributed by atoms with van der Waals surface area (Å²) >= 11 is 0. The Balaban J connectivity index is 1.89. The predicted molar refractivity (Wildman–Crippen MR) is 98.7 cm³/mol. The smallest absolute Gasteiger partial charge is 0.413 e. The van der Waals surface area contributed by atoms with Crippen LogP contribution in [0.15, 0.2) is 35.3 Å².